The van der Waals surface area contributed by atoms with Crippen molar-refractivity contribution >= 4 is 17.1 Å². The molecule has 3 aliphatic heterocycles. The molecule has 0 bridgehead atoms. The van der Waals surface area contributed by atoms with Gasteiger partial charge in [-0.05, 0) is 96.1 Å². The van der Waals surface area contributed by atoms with Crippen LogP contribution in [-0.4, -0.2) is 0 Å². The monoisotopic (exact) mass is 633 g/mol. The van der Waals surface area contributed by atoms with E-state index in [0.717, 1.165) is 0 Å². The van der Waals surface area contributed by atoms with Gasteiger partial charge in [-0.2, -0.15) is 0 Å². The summed E-state index contributed by atoms with van der Waals surface area (Å²) in [5.41, 5.74) is 23.1. The summed E-state index contributed by atoms with van der Waals surface area (Å²) in [6.07, 6.45) is 0. The number of fused-ring (bicyclic) bond motifs is 3. The highest BCUT2D eigenvalue weighted by molar-refractivity contribution is 5.99. The number of para-hydroxylation sites is 2. The lowest BCUT2D eigenvalue weighted by atomic mass is 9.60. The molecule has 0 saturated heterocycles. The van der Waals surface area contributed by atoms with Gasteiger partial charge in [0.25, 0.3) is 0 Å². The zero-order chi connectivity index (χ0) is 33.8. The van der Waals surface area contributed by atoms with Gasteiger partial charge in [-0.3, -0.25) is 0 Å². The molecule has 6 aromatic carbocycles. The van der Waals surface area contributed by atoms with Gasteiger partial charge in [-0.1, -0.05) is 152 Å². The zero-order valence-corrected chi connectivity index (χ0v) is 29.9. The van der Waals surface area contributed by atoms with Crippen molar-refractivity contribution in [2.45, 2.75) is 77.0 Å². The number of hydrogen-bond acceptors (Lipinski definition) is 1. The Bertz CT molecular complexity index is 2340. The molecule has 0 atom stereocenters. The van der Waals surface area contributed by atoms with E-state index < -0.39 is 0 Å². The van der Waals surface area contributed by atoms with Crippen LogP contribution < -0.4 is 4.90 Å². The van der Waals surface area contributed by atoms with Crippen molar-refractivity contribution in [3.8, 4) is 33.4 Å². The molecule has 1 heteroatoms. The molecule has 0 saturated carbocycles. The van der Waals surface area contributed by atoms with Gasteiger partial charge in [0, 0.05) is 21.7 Å². The number of benzene rings is 6. The minimum absolute atomic E-state index is 0.00508. The molecule has 240 valence electrons. The van der Waals surface area contributed by atoms with Gasteiger partial charge >= 0.3 is 0 Å². The predicted molar refractivity (Wildman–Crippen MR) is 206 cm³/mol. The van der Waals surface area contributed by atoms with Crippen LogP contribution in [-0.2, 0) is 21.7 Å². The SMILES string of the molecule is CC1(C)c2ccccc2-c2ccc(-c3ccc(-c4cc5c6c(c4)C(C)(C)c4cccc7c4N6c4c(cccc4C5(C)C)C7(C)C)cc3)cc21. The van der Waals surface area contributed by atoms with Crippen LogP contribution in [0.25, 0.3) is 33.4 Å². The molecule has 0 fully saturated rings. The summed E-state index contributed by atoms with van der Waals surface area (Å²) in [5, 5.41) is 0. The molecule has 1 aliphatic carbocycles. The highest BCUT2D eigenvalue weighted by Crippen LogP contribution is 2.66. The third-order valence-electron chi connectivity index (χ3n) is 13.0. The lowest BCUT2D eigenvalue weighted by Crippen LogP contribution is -2.43. The topological polar surface area (TPSA) is 3.24 Å². The van der Waals surface area contributed by atoms with Crippen LogP contribution in [0.15, 0.2) is 115 Å². The maximum absolute atomic E-state index is 2.66. The van der Waals surface area contributed by atoms with E-state index in [1.807, 2.05) is 0 Å². The summed E-state index contributed by atoms with van der Waals surface area (Å²) in [4.78, 5) is 2.66. The van der Waals surface area contributed by atoms with Crippen LogP contribution in [0.5, 0.6) is 0 Å². The fourth-order valence-corrected chi connectivity index (χ4v) is 10.1. The fourth-order valence-electron chi connectivity index (χ4n) is 10.1. The Morgan fingerprint density at radius 2 is 0.673 bits per heavy atom. The molecular weight excluding hydrogens is 591 g/mol. The van der Waals surface area contributed by atoms with Crippen molar-refractivity contribution in [3.05, 3.63) is 160 Å². The van der Waals surface area contributed by atoms with E-state index in [1.165, 1.54) is 95.0 Å². The largest absolute Gasteiger partial charge is 0.309 e. The molecule has 10 rings (SSSR count). The second-order valence-electron chi connectivity index (χ2n) is 17.0. The molecule has 0 radical (unpaired) electrons. The van der Waals surface area contributed by atoms with Crippen molar-refractivity contribution in [1.82, 2.24) is 0 Å². The maximum atomic E-state index is 2.66. The quantitative estimate of drug-likeness (QED) is 0.183. The Morgan fingerprint density at radius 1 is 0.306 bits per heavy atom. The van der Waals surface area contributed by atoms with E-state index in [4.69, 9.17) is 0 Å². The Morgan fingerprint density at radius 3 is 1.22 bits per heavy atom. The van der Waals surface area contributed by atoms with Gasteiger partial charge in [-0.15, -0.1) is 0 Å². The number of nitrogens with zero attached hydrogens (tertiary/aromatic N) is 1. The molecule has 0 amide bonds. The molecule has 0 spiro atoms. The Balaban J connectivity index is 1.13. The summed E-state index contributed by atoms with van der Waals surface area (Å²) in [7, 11) is 0. The molecule has 49 heavy (non-hydrogen) atoms. The molecule has 4 aliphatic rings. The summed E-state index contributed by atoms with van der Waals surface area (Å²) in [6, 6.07) is 44.3. The van der Waals surface area contributed by atoms with E-state index in [-0.39, 0.29) is 21.7 Å². The van der Waals surface area contributed by atoms with E-state index in [2.05, 4.69) is 176 Å². The van der Waals surface area contributed by atoms with Crippen molar-refractivity contribution in [1.29, 1.82) is 0 Å². The first-order valence-corrected chi connectivity index (χ1v) is 18.0. The Hall–Kier alpha value is -4.88. The summed E-state index contributed by atoms with van der Waals surface area (Å²) in [5.74, 6) is 0. The Kier molecular flexibility index (Phi) is 5.35. The minimum atomic E-state index is -0.146. The van der Waals surface area contributed by atoms with Crippen LogP contribution in [0.2, 0.25) is 0 Å². The van der Waals surface area contributed by atoms with E-state index in [9.17, 15) is 0 Å². The van der Waals surface area contributed by atoms with E-state index in [1.54, 1.807) is 0 Å². The van der Waals surface area contributed by atoms with Gasteiger partial charge in [0.15, 0.2) is 0 Å². The molecule has 6 aromatic rings. The van der Waals surface area contributed by atoms with Crippen LogP contribution in [0.1, 0.15) is 99.9 Å². The average Bonchev–Trinajstić information content (AvgIpc) is 3.33. The van der Waals surface area contributed by atoms with Gasteiger partial charge in [0.05, 0.1) is 17.1 Å². The van der Waals surface area contributed by atoms with Crippen LogP contribution in [0, 0.1) is 0 Å². The molecule has 3 heterocycles. The average molecular weight is 634 g/mol. The molecule has 0 aromatic heterocycles. The van der Waals surface area contributed by atoms with Crippen LogP contribution in [0.4, 0.5) is 17.1 Å². The summed E-state index contributed by atoms with van der Waals surface area (Å²) >= 11 is 0. The molecular formula is C48H43N. The van der Waals surface area contributed by atoms with Crippen molar-refractivity contribution in [3.63, 3.8) is 0 Å². The second-order valence-corrected chi connectivity index (χ2v) is 17.0. The summed E-state index contributed by atoms with van der Waals surface area (Å²) in [6.45, 7) is 19.3. The second kappa shape index (κ2) is 9.01. The number of anilines is 3. The zero-order valence-electron chi connectivity index (χ0n) is 29.9. The van der Waals surface area contributed by atoms with Gasteiger partial charge in [0.1, 0.15) is 0 Å². The molecule has 1 nitrogen and oxygen atoms in total. The van der Waals surface area contributed by atoms with Crippen LogP contribution >= 0.6 is 0 Å². The third kappa shape index (κ3) is 3.46. The predicted octanol–water partition coefficient (Wildman–Crippen LogP) is 12.7. The van der Waals surface area contributed by atoms with Gasteiger partial charge in [0.2, 0.25) is 0 Å². The van der Waals surface area contributed by atoms with Gasteiger partial charge in [-0.25, -0.2) is 0 Å². The first kappa shape index (κ1) is 29.1. The highest BCUT2D eigenvalue weighted by atomic mass is 15.2. The van der Waals surface area contributed by atoms with Crippen molar-refractivity contribution in [2.24, 2.45) is 0 Å². The Labute approximate surface area is 291 Å². The normalized spacial score (nSPS) is 18.4. The standard InChI is InChI=1S/C48H43N/c1-45(2)34-14-10-9-13-32(34)33-24-23-30(25-39(33)45)28-19-21-29(22-20-28)31-26-40-44-41(27-31)48(7,8)38-18-12-16-36-43(38)49(44)42-35(46(36,3)4)15-11-17-37(42)47(40,5)6/h9-27H,1-8H3. The molecule has 0 unspecified atom stereocenters. The smallest absolute Gasteiger partial charge is 0.0544 e. The van der Waals surface area contributed by atoms with E-state index >= 15 is 0 Å². The van der Waals surface area contributed by atoms with Gasteiger partial charge < -0.3 is 4.90 Å². The maximum Gasteiger partial charge on any atom is 0.0544 e. The number of hydrogen-bond donors (Lipinski definition) is 0. The number of rotatable bonds is 2. The molecule has 0 N–H and O–H groups in total. The lowest BCUT2D eigenvalue weighted by Gasteiger charge is -2.55. The minimum Gasteiger partial charge on any atom is -0.309 e. The summed E-state index contributed by atoms with van der Waals surface area (Å²) < 4.78 is 0. The lowest BCUT2D eigenvalue weighted by molar-refractivity contribution is 0.567. The third-order valence-corrected chi connectivity index (χ3v) is 13.0. The van der Waals surface area contributed by atoms with Crippen molar-refractivity contribution < 1.29 is 0 Å². The fraction of sp³-hybridized carbons (Fsp3) is 0.250. The highest BCUT2D eigenvalue weighted by Gasteiger charge is 2.51. The van der Waals surface area contributed by atoms with Crippen molar-refractivity contribution in [2.75, 3.05) is 4.90 Å². The first-order chi connectivity index (χ1) is 23.3. The first-order valence-electron chi connectivity index (χ1n) is 18.0. The van der Waals surface area contributed by atoms with E-state index in [0.29, 0.717) is 0 Å². The van der Waals surface area contributed by atoms with Crippen LogP contribution in [0.3, 0.4) is 0 Å².